The fraction of sp³-hybridized carbons (Fsp3) is 0.600. The molecular formula is C15H21BrCl2O. The maximum Gasteiger partial charge on any atom is 0.0623 e. The first-order valence-corrected chi connectivity index (χ1v) is 8.19. The highest BCUT2D eigenvalue weighted by Gasteiger charge is 2.34. The molecule has 0 amide bonds. The first-order chi connectivity index (χ1) is 8.90. The van der Waals surface area contributed by atoms with Crippen LogP contribution in [0.3, 0.4) is 0 Å². The molecule has 0 unspecified atom stereocenters. The Morgan fingerprint density at radius 1 is 1.11 bits per heavy atom. The van der Waals surface area contributed by atoms with Crippen LogP contribution in [0.2, 0.25) is 0 Å². The average Bonchev–Trinajstić information content (AvgIpc) is 2.42. The number of rotatable bonds is 7. The van der Waals surface area contributed by atoms with E-state index in [0.29, 0.717) is 11.8 Å². The molecule has 0 N–H and O–H groups in total. The monoisotopic (exact) mass is 366 g/mol. The zero-order valence-electron chi connectivity index (χ0n) is 11.7. The second kappa shape index (κ2) is 7.31. The summed E-state index contributed by atoms with van der Waals surface area (Å²) in [5.74, 6) is 0.998. The number of benzene rings is 1. The number of halogens is 3. The second-order valence-electron chi connectivity index (χ2n) is 5.49. The highest BCUT2D eigenvalue weighted by Crippen LogP contribution is 2.38. The quantitative estimate of drug-likeness (QED) is 0.588. The van der Waals surface area contributed by atoms with Crippen LogP contribution in [0.5, 0.6) is 0 Å². The fourth-order valence-corrected chi connectivity index (χ4v) is 3.53. The zero-order valence-corrected chi connectivity index (χ0v) is 14.8. The molecule has 1 aromatic rings. The van der Waals surface area contributed by atoms with Gasteiger partial charge in [-0.15, -0.1) is 23.2 Å². The number of hydrogen-bond acceptors (Lipinski definition) is 1. The lowest BCUT2D eigenvalue weighted by atomic mass is 9.78. The number of alkyl halides is 2. The SMILES string of the molecule is COC(C)(C)CCC(CCl)(CCl)c1ccccc1Br. The van der Waals surface area contributed by atoms with Crippen LogP contribution in [0.4, 0.5) is 0 Å². The maximum atomic E-state index is 6.26. The van der Waals surface area contributed by atoms with Gasteiger partial charge in [0, 0.05) is 28.8 Å². The molecule has 0 heterocycles. The van der Waals surface area contributed by atoms with Crippen LogP contribution in [0.15, 0.2) is 28.7 Å². The summed E-state index contributed by atoms with van der Waals surface area (Å²) >= 11 is 16.1. The van der Waals surface area contributed by atoms with Gasteiger partial charge >= 0.3 is 0 Å². The van der Waals surface area contributed by atoms with E-state index < -0.39 is 0 Å². The second-order valence-corrected chi connectivity index (χ2v) is 6.88. The van der Waals surface area contributed by atoms with Gasteiger partial charge in [0.25, 0.3) is 0 Å². The number of ether oxygens (including phenoxy) is 1. The van der Waals surface area contributed by atoms with Gasteiger partial charge in [-0.3, -0.25) is 0 Å². The standard InChI is InChI=1S/C15H21BrCl2O/c1-14(2,19-3)8-9-15(10-17,11-18)12-6-4-5-7-13(12)16/h4-7H,8-11H2,1-3H3. The summed E-state index contributed by atoms with van der Waals surface area (Å²) in [4.78, 5) is 0. The van der Waals surface area contributed by atoms with Crippen molar-refractivity contribution >= 4 is 39.1 Å². The molecule has 1 aromatic carbocycles. The Hall–Kier alpha value is 0.240. The topological polar surface area (TPSA) is 9.23 Å². The normalized spacial score (nSPS) is 12.7. The largest absolute Gasteiger partial charge is 0.379 e. The van der Waals surface area contributed by atoms with E-state index in [1.807, 2.05) is 18.2 Å². The predicted molar refractivity (Wildman–Crippen MR) is 87.6 cm³/mol. The zero-order chi connectivity index (χ0) is 14.5. The van der Waals surface area contributed by atoms with Gasteiger partial charge in [0.15, 0.2) is 0 Å². The minimum absolute atomic E-state index is 0.162. The van der Waals surface area contributed by atoms with Crippen LogP contribution in [0.25, 0.3) is 0 Å². The third-order valence-corrected chi connectivity index (χ3v) is 5.43. The van der Waals surface area contributed by atoms with Gasteiger partial charge in [-0.25, -0.2) is 0 Å². The molecule has 19 heavy (non-hydrogen) atoms. The van der Waals surface area contributed by atoms with Gasteiger partial charge in [-0.1, -0.05) is 34.1 Å². The van der Waals surface area contributed by atoms with E-state index >= 15 is 0 Å². The molecular weight excluding hydrogens is 347 g/mol. The lowest BCUT2D eigenvalue weighted by molar-refractivity contribution is 0.0100. The van der Waals surface area contributed by atoms with E-state index in [4.69, 9.17) is 27.9 Å². The summed E-state index contributed by atoms with van der Waals surface area (Å²) in [6.07, 6.45) is 1.80. The van der Waals surface area contributed by atoms with E-state index in [0.717, 1.165) is 17.3 Å². The van der Waals surface area contributed by atoms with Crippen molar-refractivity contribution in [1.29, 1.82) is 0 Å². The molecule has 0 aliphatic carbocycles. The molecule has 0 bridgehead atoms. The summed E-state index contributed by atoms with van der Waals surface area (Å²) in [5, 5.41) is 0. The molecule has 0 spiro atoms. The van der Waals surface area contributed by atoms with Crippen LogP contribution >= 0.6 is 39.1 Å². The molecule has 1 nitrogen and oxygen atoms in total. The Morgan fingerprint density at radius 2 is 1.68 bits per heavy atom. The van der Waals surface area contributed by atoms with E-state index in [9.17, 15) is 0 Å². The minimum atomic E-state index is -0.223. The molecule has 0 radical (unpaired) electrons. The Bertz CT molecular complexity index is 403. The van der Waals surface area contributed by atoms with Crippen LogP contribution in [-0.4, -0.2) is 24.5 Å². The minimum Gasteiger partial charge on any atom is -0.379 e. The smallest absolute Gasteiger partial charge is 0.0623 e. The molecule has 0 fully saturated rings. The van der Waals surface area contributed by atoms with Crippen molar-refractivity contribution in [2.75, 3.05) is 18.9 Å². The Morgan fingerprint density at radius 3 is 2.16 bits per heavy atom. The third kappa shape index (κ3) is 4.35. The van der Waals surface area contributed by atoms with Crippen molar-refractivity contribution in [3.8, 4) is 0 Å². The molecule has 0 saturated heterocycles. The van der Waals surface area contributed by atoms with Gasteiger partial charge in [0.1, 0.15) is 0 Å². The number of hydrogen-bond donors (Lipinski definition) is 0. The fourth-order valence-electron chi connectivity index (χ4n) is 1.98. The molecule has 0 aliphatic rings. The van der Waals surface area contributed by atoms with Gasteiger partial charge in [0.05, 0.1) is 5.60 Å². The number of methoxy groups -OCH3 is 1. The average molecular weight is 368 g/mol. The van der Waals surface area contributed by atoms with Gasteiger partial charge in [-0.05, 0) is 38.3 Å². The lowest BCUT2D eigenvalue weighted by Crippen LogP contribution is -2.35. The molecule has 108 valence electrons. The van der Waals surface area contributed by atoms with E-state index in [-0.39, 0.29) is 11.0 Å². The van der Waals surface area contributed by atoms with E-state index in [1.165, 1.54) is 5.56 Å². The molecule has 0 atom stereocenters. The molecule has 0 saturated carbocycles. The highest BCUT2D eigenvalue weighted by molar-refractivity contribution is 9.10. The first-order valence-electron chi connectivity index (χ1n) is 6.33. The van der Waals surface area contributed by atoms with Crippen molar-refractivity contribution in [2.45, 2.75) is 37.7 Å². The molecule has 1 rings (SSSR count). The predicted octanol–water partition coefficient (Wildman–Crippen LogP) is 5.37. The first kappa shape index (κ1) is 17.3. The summed E-state index contributed by atoms with van der Waals surface area (Å²) in [6.45, 7) is 4.17. The van der Waals surface area contributed by atoms with Crippen LogP contribution in [-0.2, 0) is 10.2 Å². The van der Waals surface area contributed by atoms with Crippen molar-refractivity contribution < 1.29 is 4.74 Å². The van der Waals surface area contributed by atoms with Crippen molar-refractivity contribution in [3.63, 3.8) is 0 Å². The van der Waals surface area contributed by atoms with E-state index in [1.54, 1.807) is 7.11 Å². The summed E-state index contributed by atoms with van der Waals surface area (Å²) in [7, 11) is 1.74. The summed E-state index contributed by atoms with van der Waals surface area (Å²) in [5.41, 5.74) is 0.788. The van der Waals surface area contributed by atoms with Crippen molar-refractivity contribution in [3.05, 3.63) is 34.3 Å². The van der Waals surface area contributed by atoms with Gasteiger partial charge in [-0.2, -0.15) is 0 Å². The van der Waals surface area contributed by atoms with Gasteiger partial charge < -0.3 is 4.74 Å². The molecule has 4 heteroatoms. The Kier molecular flexibility index (Phi) is 6.65. The summed E-state index contributed by atoms with van der Waals surface area (Å²) < 4.78 is 6.55. The lowest BCUT2D eigenvalue weighted by Gasteiger charge is -2.34. The van der Waals surface area contributed by atoms with Crippen LogP contribution in [0.1, 0.15) is 32.3 Å². The third-order valence-electron chi connectivity index (χ3n) is 3.72. The van der Waals surface area contributed by atoms with E-state index in [2.05, 4.69) is 35.8 Å². The summed E-state index contributed by atoms with van der Waals surface area (Å²) in [6, 6.07) is 8.15. The molecule has 0 aromatic heterocycles. The van der Waals surface area contributed by atoms with Crippen LogP contribution in [0, 0.1) is 0 Å². The molecule has 0 aliphatic heterocycles. The van der Waals surface area contributed by atoms with Gasteiger partial charge in [0.2, 0.25) is 0 Å². The Balaban J connectivity index is 3.01. The highest BCUT2D eigenvalue weighted by atomic mass is 79.9. The van der Waals surface area contributed by atoms with Crippen LogP contribution < -0.4 is 0 Å². The van der Waals surface area contributed by atoms with Crippen molar-refractivity contribution in [2.24, 2.45) is 0 Å². The Labute approximate surface area is 134 Å². The van der Waals surface area contributed by atoms with Crippen molar-refractivity contribution in [1.82, 2.24) is 0 Å². The maximum absolute atomic E-state index is 6.26.